The molecule has 0 bridgehead atoms. The van der Waals surface area contributed by atoms with Crippen LogP contribution in [0.15, 0.2) is 60.8 Å². The second-order valence-electron chi connectivity index (χ2n) is 6.33. The average Bonchev–Trinajstić information content (AvgIpc) is 2.66. The largest absolute Gasteiger partial charge is 0.491 e. The molecular formula is C21H19F2N3O2. The Bertz CT molecular complexity index is 976. The van der Waals surface area contributed by atoms with Crippen molar-refractivity contribution < 1.29 is 18.3 Å². The summed E-state index contributed by atoms with van der Waals surface area (Å²) in [6.07, 6.45) is 1.52. The van der Waals surface area contributed by atoms with Crippen LogP contribution in [0.3, 0.4) is 0 Å². The predicted molar refractivity (Wildman–Crippen MR) is 104 cm³/mol. The van der Waals surface area contributed by atoms with Gasteiger partial charge in [0.15, 0.2) is 11.6 Å². The Balaban J connectivity index is 1.68. The van der Waals surface area contributed by atoms with E-state index in [4.69, 9.17) is 4.74 Å². The van der Waals surface area contributed by atoms with Gasteiger partial charge in [0, 0.05) is 29.2 Å². The summed E-state index contributed by atoms with van der Waals surface area (Å²) < 4.78 is 31.9. The van der Waals surface area contributed by atoms with Gasteiger partial charge in [-0.1, -0.05) is 0 Å². The molecule has 0 fully saturated rings. The Morgan fingerprint density at radius 2 is 1.68 bits per heavy atom. The van der Waals surface area contributed by atoms with Crippen LogP contribution in [0.1, 0.15) is 24.2 Å². The molecule has 0 aliphatic rings. The lowest BCUT2D eigenvalue weighted by molar-refractivity contribution is 0.102. The first-order chi connectivity index (χ1) is 13.4. The monoisotopic (exact) mass is 383 g/mol. The van der Waals surface area contributed by atoms with Gasteiger partial charge in [0.1, 0.15) is 11.6 Å². The van der Waals surface area contributed by atoms with E-state index in [1.54, 1.807) is 30.3 Å². The number of hydrogen-bond acceptors (Lipinski definition) is 4. The van der Waals surface area contributed by atoms with Crippen LogP contribution in [-0.2, 0) is 0 Å². The van der Waals surface area contributed by atoms with E-state index in [9.17, 15) is 13.6 Å². The zero-order chi connectivity index (χ0) is 20.1. The van der Waals surface area contributed by atoms with Crippen molar-refractivity contribution in [3.05, 3.63) is 78.0 Å². The topological polar surface area (TPSA) is 63.2 Å². The number of amides is 1. The van der Waals surface area contributed by atoms with Crippen molar-refractivity contribution in [3.63, 3.8) is 0 Å². The van der Waals surface area contributed by atoms with Gasteiger partial charge in [-0.2, -0.15) is 0 Å². The standard InChI is InChI=1S/C21H19F2N3O2/c1-13(2)28-17-6-3-15(4-7-17)26-21(27)14-9-10-24-20(11-14)25-16-5-8-18(22)19(23)12-16/h3-13H,1-2H3,(H,24,25)(H,26,27). The van der Waals surface area contributed by atoms with Crippen LogP contribution in [0.2, 0.25) is 0 Å². The summed E-state index contributed by atoms with van der Waals surface area (Å²) in [5.41, 5.74) is 1.31. The molecule has 1 heterocycles. The highest BCUT2D eigenvalue weighted by Gasteiger charge is 2.09. The smallest absolute Gasteiger partial charge is 0.255 e. The fourth-order valence-electron chi connectivity index (χ4n) is 2.45. The van der Waals surface area contributed by atoms with E-state index < -0.39 is 11.6 Å². The number of rotatable bonds is 6. The number of benzene rings is 2. The maximum absolute atomic E-state index is 13.3. The van der Waals surface area contributed by atoms with Crippen LogP contribution in [0.5, 0.6) is 5.75 Å². The van der Waals surface area contributed by atoms with Crippen LogP contribution in [0.25, 0.3) is 0 Å². The van der Waals surface area contributed by atoms with E-state index in [2.05, 4.69) is 15.6 Å². The Morgan fingerprint density at radius 1 is 0.964 bits per heavy atom. The number of carbonyl (C=O) groups excluding carboxylic acids is 1. The van der Waals surface area contributed by atoms with E-state index in [-0.39, 0.29) is 12.0 Å². The molecule has 0 aliphatic heterocycles. The minimum absolute atomic E-state index is 0.0674. The molecule has 0 aliphatic carbocycles. The Kier molecular flexibility index (Phi) is 5.84. The van der Waals surface area contributed by atoms with Gasteiger partial charge in [0.25, 0.3) is 5.91 Å². The third-order valence-electron chi connectivity index (χ3n) is 3.70. The molecule has 1 amide bonds. The van der Waals surface area contributed by atoms with Crippen molar-refractivity contribution in [1.29, 1.82) is 0 Å². The molecule has 0 saturated heterocycles. The molecule has 1 aromatic heterocycles. The zero-order valence-electron chi connectivity index (χ0n) is 15.4. The molecule has 0 unspecified atom stereocenters. The molecule has 0 saturated carbocycles. The van der Waals surface area contributed by atoms with Crippen molar-refractivity contribution >= 4 is 23.1 Å². The SMILES string of the molecule is CC(C)Oc1ccc(NC(=O)c2ccnc(Nc3ccc(F)c(F)c3)c2)cc1. The molecule has 2 N–H and O–H groups in total. The van der Waals surface area contributed by atoms with Crippen LogP contribution < -0.4 is 15.4 Å². The van der Waals surface area contributed by atoms with Gasteiger partial charge in [0.05, 0.1) is 6.10 Å². The molecule has 144 valence electrons. The van der Waals surface area contributed by atoms with Gasteiger partial charge in [-0.25, -0.2) is 13.8 Å². The highest BCUT2D eigenvalue weighted by Crippen LogP contribution is 2.20. The maximum atomic E-state index is 13.3. The molecule has 0 atom stereocenters. The Hall–Kier alpha value is -3.48. The van der Waals surface area contributed by atoms with Crippen LogP contribution in [-0.4, -0.2) is 17.0 Å². The first kappa shape index (κ1) is 19.3. The second-order valence-corrected chi connectivity index (χ2v) is 6.33. The minimum Gasteiger partial charge on any atom is -0.491 e. The summed E-state index contributed by atoms with van der Waals surface area (Å²) in [5, 5.41) is 5.63. The Labute approximate surface area is 161 Å². The molecule has 0 spiro atoms. The number of hydrogen-bond donors (Lipinski definition) is 2. The number of ether oxygens (including phenoxy) is 1. The summed E-state index contributed by atoms with van der Waals surface area (Å²) >= 11 is 0. The molecule has 2 aromatic carbocycles. The van der Waals surface area contributed by atoms with Gasteiger partial charge < -0.3 is 15.4 Å². The van der Waals surface area contributed by atoms with Crippen LogP contribution in [0.4, 0.5) is 26.0 Å². The predicted octanol–water partition coefficient (Wildman–Crippen LogP) is 5.14. The molecule has 7 heteroatoms. The normalized spacial score (nSPS) is 10.6. The minimum atomic E-state index is -0.969. The summed E-state index contributed by atoms with van der Waals surface area (Å²) in [7, 11) is 0. The third kappa shape index (κ3) is 5.03. The fraction of sp³-hybridized carbons (Fsp3) is 0.143. The first-order valence-electron chi connectivity index (χ1n) is 8.67. The average molecular weight is 383 g/mol. The lowest BCUT2D eigenvalue weighted by atomic mass is 10.2. The van der Waals surface area contributed by atoms with E-state index in [1.165, 1.54) is 18.3 Å². The van der Waals surface area contributed by atoms with Gasteiger partial charge in [-0.15, -0.1) is 0 Å². The van der Waals surface area contributed by atoms with E-state index >= 15 is 0 Å². The number of halogens is 2. The van der Waals surface area contributed by atoms with E-state index in [0.717, 1.165) is 17.9 Å². The van der Waals surface area contributed by atoms with Crippen molar-refractivity contribution in [1.82, 2.24) is 4.98 Å². The molecule has 5 nitrogen and oxygen atoms in total. The maximum Gasteiger partial charge on any atom is 0.255 e. The van der Waals surface area contributed by atoms with Crippen molar-refractivity contribution in [2.45, 2.75) is 20.0 Å². The molecule has 0 radical (unpaired) electrons. The number of nitrogens with zero attached hydrogens (tertiary/aromatic N) is 1. The van der Waals surface area contributed by atoms with Crippen molar-refractivity contribution in [3.8, 4) is 5.75 Å². The summed E-state index contributed by atoms with van der Waals surface area (Å²) in [5.74, 6) is -1.18. The molecule has 3 rings (SSSR count). The molecule has 3 aromatic rings. The summed E-state index contributed by atoms with van der Waals surface area (Å²) in [6.45, 7) is 3.87. The molecular weight excluding hydrogens is 364 g/mol. The van der Waals surface area contributed by atoms with Crippen LogP contribution >= 0.6 is 0 Å². The van der Waals surface area contributed by atoms with Gasteiger partial charge in [-0.3, -0.25) is 4.79 Å². The number of carbonyl (C=O) groups is 1. The fourth-order valence-corrected chi connectivity index (χ4v) is 2.45. The van der Waals surface area contributed by atoms with Crippen LogP contribution in [0, 0.1) is 11.6 Å². The summed E-state index contributed by atoms with van der Waals surface area (Å²) in [6, 6.07) is 13.5. The van der Waals surface area contributed by atoms with Crippen molar-refractivity contribution in [2.24, 2.45) is 0 Å². The Morgan fingerprint density at radius 3 is 2.36 bits per heavy atom. The van der Waals surface area contributed by atoms with E-state index in [0.29, 0.717) is 22.8 Å². The number of aromatic nitrogens is 1. The lowest BCUT2D eigenvalue weighted by Crippen LogP contribution is -2.12. The lowest BCUT2D eigenvalue weighted by Gasteiger charge is -2.11. The second kappa shape index (κ2) is 8.47. The zero-order valence-corrected chi connectivity index (χ0v) is 15.4. The highest BCUT2D eigenvalue weighted by atomic mass is 19.2. The van der Waals surface area contributed by atoms with Crippen molar-refractivity contribution in [2.75, 3.05) is 10.6 Å². The van der Waals surface area contributed by atoms with Gasteiger partial charge in [0.2, 0.25) is 0 Å². The first-order valence-corrected chi connectivity index (χ1v) is 8.67. The summed E-state index contributed by atoms with van der Waals surface area (Å²) in [4.78, 5) is 16.6. The van der Waals surface area contributed by atoms with Gasteiger partial charge >= 0.3 is 0 Å². The van der Waals surface area contributed by atoms with E-state index in [1.807, 2.05) is 13.8 Å². The number of anilines is 3. The van der Waals surface area contributed by atoms with Gasteiger partial charge in [-0.05, 0) is 62.4 Å². The number of nitrogens with one attached hydrogen (secondary N) is 2. The quantitative estimate of drug-likeness (QED) is 0.618. The third-order valence-corrected chi connectivity index (χ3v) is 3.70. The number of pyridine rings is 1. The highest BCUT2D eigenvalue weighted by molar-refractivity contribution is 6.04. The molecule has 28 heavy (non-hydrogen) atoms.